The molecule has 0 atom stereocenters. The van der Waals surface area contributed by atoms with Crippen molar-refractivity contribution in [2.45, 2.75) is 44.4 Å². The van der Waals surface area contributed by atoms with Gasteiger partial charge in [0.1, 0.15) is 5.75 Å². The average molecular weight is 405 g/mol. The van der Waals surface area contributed by atoms with Gasteiger partial charge in [-0.1, -0.05) is 24.0 Å². The molecule has 2 saturated heterocycles. The highest BCUT2D eigenvalue weighted by molar-refractivity contribution is 5.80. The summed E-state index contributed by atoms with van der Waals surface area (Å²) in [4.78, 5) is 14.4. The molecule has 2 aromatic carbocycles. The second kappa shape index (κ2) is 9.34. The van der Waals surface area contributed by atoms with E-state index in [1.807, 2.05) is 24.3 Å². The molecule has 0 unspecified atom stereocenters. The van der Waals surface area contributed by atoms with Crippen LogP contribution in [0, 0.1) is 17.8 Å². The predicted octanol–water partition coefficient (Wildman–Crippen LogP) is 3.24. The summed E-state index contributed by atoms with van der Waals surface area (Å²) in [5.74, 6) is 7.57. The molecule has 1 aliphatic carbocycles. The molecule has 5 heteroatoms. The van der Waals surface area contributed by atoms with Gasteiger partial charge in [0.15, 0.2) is 6.29 Å². The van der Waals surface area contributed by atoms with Gasteiger partial charge >= 0.3 is 0 Å². The molecule has 2 N–H and O–H groups in total. The summed E-state index contributed by atoms with van der Waals surface area (Å²) < 4.78 is 5.83. The Labute approximate surface area is 177 Å². The maximum atomic E-state index is 12.3. The zero-order valence-electron chi connectivity index (χ0n) is 17.0. The van der Waals surface area contributed by atoms with E-state index < -0.39 is 6.29 Å². The Hall–Kier alpha value is -2.81. The summed E-state index contributed by atoms with van der Waals surface area (Å²) >= 11 is 0. The van der Waals surface area contributed by atoms with Crippen LogP contribution in [0.3, 0.4) is 0 Å². The van der Waals surface area contributed by atoms with E-state index in [0.29, 0.717) is 24.1 Å². The zero-order chi connectivity index (χ0) is 20.9. The molecule has 3 fully saturated rings. The molecule has 156 valence electrons. The van der Waals surface area contributed by atoms with E-state index in [1.165, 1.54) is 0 Å². The van der Waals surface area contributed by atoms with E-state index in [9.17, 15) is 4.79 Å². The average Bonchev–Trinajstić information content (AvgIpc) is 2.78. The third-order valence-electron chi connectivity index (χ3n) is 6.00. The fourth-order valence-corrected chi connectivity index (χ4v) is 4.28. The monoisotopic (exact) mass is 405 g/mol. The lowest BCUT2D eigenvalue weighted by atomic mass is 9.79. The highest BCUT2D eigenvalue weighted by Crippen LogP contribution is 2.35. The highest BCUT2D eigenvalue weighted by Gasteiger charge is 2.39. The van der Waals surface area contributed by atoms with Gasteiger partial charge in [-0.2, -0.15) is 0 Å². The van der Waals surface area contributed by atoms with Gasteiger partial charge in [-0.3, -0.25) is 4.79 Å². The summed E-state index contributed by atoms with van der Waals surface area (Å²) in [6.45, 7) is 1.38. The van der Waals surface area contributed by atoms with E-state index in [-0.39, 0.29) is 5.92 Å². The normalized spacial score (nSPS) is 20.2. The summed E-state index contributed by atoms with van der Waals surface area (Å²) in [5.41, 5.74) is 2.13. The Kier molecular flexibility index (Phi) is 6.37. The Bertz CT molecular complexity index is 916. The number of aliphatic hydroxyl groups excluding tert-OH is 1. The maximum absolute atomic E-state index is 12.3. The molecule has 0 spiro atoms. The minimum atomic E-state index is -1.46. The molecule has 5 rings (SSSR count). The number of rotatable bonds is 6. The summed E-state index contributed by atoms with van der Waals surface area (Å²) in [6.07, 6.45) is 3.84. The van der Waals surface area contributed by atoms with Crippen molar-refractivity contribution in [1.29, 1.82) is 0 Å². The minimum Gasteiger partial charge on any atom is -0.494 e. The van der Waals surface area contributed by atoms with Crippen LogP contribution >= 0.6 is 0 Å². The van der Waals surface area contributed by atoms with Crippen molar-refractivity contribution in [2.75, 3.05) is 13.2 Å². The van der Waals surface area contributed by atoms with Gasteiger partial charge in [0.05, 0.1) is 6.61 Å². The van der Waals surface area contributed by atoms with Gasteiger partial charge in [-0.25, -0.2) is 0 Å². The lowest BCUT2D eigenvalue weighted by Crippen LogP contribution is -2.52. The number of hydrogen-bond donors (Lipinski definition) is 2. The van der Waals surface area contributed by atoms with Crippen LogP contribution in [0.25, 0.3) is 0 Å². The van der Waals surface area contributed by atoms with Crippen LogP contribution in [-0.4, -0.2) is 40.2 Å². The molecule has 2 aromatic rings. The van der Waals surface area contributed by atoms with Crippen molar-refractivity contribution in [3.05, 3.63) is 65.2 Å². The van der Waals surface area contributed by atoms with Crippen molar-refractivity contribution < 1.29 is 19.7 Å². The zero-order valence-corrected chi connectivity index (χ0v) is 17.0. The molecule has 1 saturated carbocycles. The van der Waals surface area contributed by atoms with Crippen molar-refractivity contribution in [2.24, 2.45) is 5.92 Å². The molecule has 0 radical (unpaired) electrons. The first-order chi connectivity index (χ1) is 14.6. The number of carbonyl (C=O) groups excluding carboxylic acids is 1. The van der Waals surface area contributed by atoms with Gasteiger partial charge in [0, 0.05) is 35.2 Å². The number of carbonyl (C=O) groups is 1. The Morgan fingerprint density at radius 3 is 2.10 bits per heavy atom. The number of ether oxygens (including phenoxy) is 1. The second-order valence-electron chi connectivity index (χ2n) is 8.01. The number of hydrogen-bond acceptors (Lipinski definition) is 4. The fourth-order valence-electron chi connectivity index (χ4n) is 4.28. The topological polar surface area (TPSA) is 70.0 Å². The van der Waals surface area contributed by atoms with Crippen molar-refractivity contribution in [3.63, 3.8) is 0 Å². The van der Waals surface area contributed by atoms with E-state index in [1.54, 1.807) is 24.3 Å². The smallest absolute Gasteiger partial charge is 0.225 e. The number of amides is 1. The predicted molar refractivity (Wildman–Crippen MR) is 114 cm³/mol. The molecule has 5 nitrogen and oxygen atoms in total. The highest BCUT2D eigenvalue weighted by atomic mass is 16.5. The van der Waals surface area contributed by atoms with Crippen LogP contribution in [0.5, 0.6) is 5.75 Å². The fraction of sp³-hybridized carbons (Fsp3) is 0.400. The van der Waals surface area contributed by atoms with Crippen LogP contribution in [0.15, 0.2) is 48.5 Å². The van der Waals surface area contributed by atoms with Gasteiger partial charge in [0.2, 0.25) is 5.91 Å². The summed E-state index contributed by atoms with van der Waals surface area (Å²) in [6, 6.07) is 14.9. The molecule has 2 heterocycles. The van der Waals surface area contributed by atoms with Gasteiger partial charge < -0.3 is 19.8 Å². The Balaban J connectivity index is 1.24. The van der Waals surface area contributed by atoms with Gasteiger partial charge in [0.25, 0.3) is 0 Å². The van der Waals surface area contributed by atoms with Crippen LogP contribution in [-0.2, 0) is 4.79 Å². The Morgan fingerprint density at radius 1 is 0.933 bits per heavy atom. The quantitative estimate of drug-likeness (QED) is 0.440. The van der Waals surface area contributed by atoms with Crippen LogP contribution < -0.4 is 4.74 Å². The molecular weight excluding hydrogens is 378 g/mol. The van der Waals surface area contributed by atoms with Crippen molar-refractivity contribution in [3.8, 4) is 17.6 Å². The molecule has 30 heavy (non-hydrogen) atoms. The maximum Gasteiger partial charge on any atom is 0.225 e. The molecule has 0 aromatic heterocycles. The van der Waals surface area contributed by atoms with Gasteiger partial charge in [-0.05, 0) is 68.5 Å². The number of piperidine rings is 2. The molecule has 3 aliphatic rings. The molecule has 1 amide bonds. The molecular formula is C25H27NO4. The second-order valence-corrected chi connectivity index (χ2v) is 8.01. The third-order valence-corrected chi connectivity index (χ3v) is 6.00. The minimum absolute atomic E-state index is 0.267. The summed E-state index contributed by atoms with van der Waals surface area (Å²) in [7, 11) is 0. The van der Waals surface area contributed by atoms with Crippen molar-refractivity contribution in [1.82, 2.24) is 4.90 Å². The molecule has 2 bridgehead atoms. The summed E-state index contributed by atoms with van der Waals surface area (Å²) in [5, 5.41) is 18.2. The van der Waals surface area contributed by atoms with E-state index in [2.05, 4.69) is 16.7 Å². The lowest BCUT2D eigenvalue weighted by molar-refractivity contribution is -0.147. The third kappa shape index (κ3) is 4.84. The first kappa shape index (κ1) is 20.5. The van der Waals surface area contributed by atoms with Crippen LogP contribution in [0.1, 0.15) is 55.1 Å². The first-order valence-corrected chi connectivity index (χ1v) is 10.6. The van der Waals surface area contributed by atoms with E-state index >= 15 is 0 Å². The number of aliphatic hydroxyl groups is 2. The lowest BCUT2D eigenvalue weighted by Gasteiger charge is -2.44. The van der Waals surface area contributed by atoms with E-state index in [0.717, 1.165) is 55.5 Å². The first-order valence-electron chi connectivity index (χ1n) is 10.6. The van der Waals surface area contributed by atoms with Gasteiger partial charge in [-0.15, -0.1) is 0 Å². The number of benzene rings is 2. The van der Waals surface area contributed by atoms with E-state index in [4.69, 9.17) is 14.9 Å². The largest absolute Gasteiger partial charge is 0.494 e. The number of fused-ring (bicyclic) bond motifs is 3. The standard InChI is InChI=1S/C25H27NO4/c27-24-20-10-12-22(13-11-20)26(24)16-1-17-30-23-14-6-19(7-15-23)3-2-18-4-8-21(9-5-18)25(28)29/h4-9,14-15,20,22,25,28-29H,1,10-13,16-17H2. The Morgan fingerprint density at radius 2 is 1.53 bits per heavy atom. The number of nitrogens with zero attached hydrogens (tertiary/aromatic N) is 1. The van der Waals surface area contributed by atoms with Crippen LogP contribution in [0.2, 0.25) is 0 Å². The van der Waals surface area contributed by atoms with Crippen molar-refractivity contribution >= 4 is 5.91 Å². The van der Waals surface area contributed by atoms with Crippen LogP contribution in [0.4, 0.5) is 0 Å². The SMILES string of the molecule is O=C1C2CCC(CC2)N1CCCOc1ccc(C#Cc2ccc(C(O)O)cc2)cc1. The molecule has 2 aliphatic heterocycles.